The fourth-order valence-corrected chi connectivity index (χ4v) is 2.14. The zero-order valence-corrected chi connectivity index (χ0v) is 8.94. The smallest absolute Gasteiger partial charge is 0.321 e. The van der Waals surface area contributed by atoms with Crippen molar-refractivity contribution in [3.8, 4) is 0 Å². The second-order valence-electron chi connectivity index (χ2n) is 2.95. The van der Waals surface area contributed by atoms with E-state index in [2.05, 4.69) is 10.2 Å². The lowest BCUT2D eigenvalue weighted by Crippen LogP contribution is -2.41. The molecule has 90 valence electrons. The molecule has 0 unspecified atom stereocenters. The van der Waals surface area contributed by atoms with Gasteiger partial charge in [0.1, 0.15) is 6.04 Å². The Morgan fingerprint density at radius 1 is 1.62 bits per heavy atom. The normalized spacial score (nSPS) is 13.6. The zero-order chi connectivity index (χ0) is 12.2. The molecule has 0 bridgehead atoms. The Balaban J connectivity index is 2.82. The Morgan fingerprint density at radius 3 is 2.75 bits per heavy atom. The van der Waals surface area contributed by atoms with Gasteiger partial charge in [-0.25, -0.2) is 8.42 Å². The fourth-order valence-electron chi connectivity index (χ4n) is 1.01. The number of hydrogen-bond acceptors (Lipinski definition) is 5. The number of aliphatic hydroxyl groups is 1. The van der Waals surface area contributed by atoms with Gasteiger partial charge in [-0.05, 0) is 12.5 Å². The minimum Gasteiger partial charge on any atom is -0.480 e. The van der Waals surface area contributed by atoms with Crippen molar-refractivity contribution in [2.24, 2.45) is 0 Å². The SMILES string of the molecule is O=C(O)[C@H](CCO)NS(=O)(=O)c1ccn[nH]1. The summed E-state index contributed by atoms with van der Waals surface area (Å²) in [4.78, 5) is 10.7. The number of hydrogen-bond donors (Lipinski definition) is 4. The number of rotatable bonds is 6. The number of carboxylic acid groups (broad SMARTS) is 1. The molecule has 16 heavy (non-hydrogen) atoms. The minimum atomic E-state index is -3.94. The first-order valence-electron chi connectivity index (χ1n) is 4.32. The molecule has 8 nitrogen and oxygen atoms in total. The van der Waals surface area contributed by atoms with E-state index in [0.29, 0.717) is 0 Å². The second-order valence-corrected chi connectivity index (χ2v) is 4.63. The molecule has 1 heterocycles. The molecule has 0 aliphatic rings. The zero-order valence-electron chi connectivity index (χ0n) is 8.12. The van der Waals surface area contributed by atoms with Crippen LogP contribution in [0.25, 0.3) is 0 Å². The summed E-state index contributed by atoms with van der Waals surface area (Å²) in [5, 5.41) is 22.7. The highest BCUT2D eigenvalue weighted by molar-refractivity contribution is 7.89. The molecular weight excluding hydrogens is 238 g/mol. The molecule has 1 aromatic rings. The number of nitrogens with one attached hydrogen (secondary N) is 2. The van der Waals surface area contributed by atoms with Crippen LogP contribution in [0.3, 0.4) is 0 Å². The van der Waals surface area contributed by atoms with Gasteiger partial charge >= 0.3 is 5.97 Å². The van der Waals surface area contributed by atoms with Crippen molar-refractivity contribution in [1.29, 1.82) is 0 Å². The van der Waals surface area contributed by atoms with Gasteiger partial charge in [-0.15, -0.1) is 0 Å². The second kappa shape index (κ2) is 5.05. The summed E-state index contributed by atoms with van der Waals surface area (Å²) in [5.41, 5.74) is 0. The first-order chi connectivity index (χ1) is 7.47. The summed E-state index contributed by atoms with van der Waals surface area (Å²) in [6.07, 6.45) is 1.03. The van der Waals surface area contributed by atoms with E-state index in [0.717, 1.165) is 0 Å². The summed E-state index contributed by atoms with van der Waals surface area (Å²) >= 11 is 0. The highest BCUT2D eigenvalue weighted by Crippen LogP contribution is 2.05. The van der Waals surface area contributed by atoms with Gasteiger partial charge in [-0.1, -0.05) is 0 Å². The van der Waals surface area contributed by atoms with Crippen molar-refractivity contribution in [1.82, 2.24) is 14.9 Å². The first-order valence-corrected chi connectivity index (χ1v) is 5.81. The van der Waals surface area contributed by atoms with Crippen molar-refractivity contribution in [2.45, 2.75) is 17.5 Å². The van der Waals surface area contributed by atoms with Crippen molar-refractivity contribution in [2.75, 3.05) is 6.61 Å². The molecule has 0 spiro atoms. The maximum absolute atomic E-state index is 11.6. The van der Waals surface area contributed by atoms with Crippen LogP contribution in [0.2, 0.25) is 0 Å². The molecule has 0 saturated heterocycles. The number of aliphatic hydroxyl groups excluding tert-OH is 1. The molecule has 0 aromatic carbocycles. The molecule has 0 saturated carbocycles. The molecule has 1 rings (SSSR count). The van der Waals surface area contributed by atoms with Crippen LogP contribution in [0.5, 0.6) is 0 Å². The summed E-state index contributed by atoms with van der Waals surface area (Å²) in [5.74, 6) is -1.35. The van der Waals surface area contributed by atoms with E-state index >= 15 is 0 Å². The summed E-state index contributed by atoms with van der Waals surface area (Å²) < 4.78 is 25.0. The number of nitrogens with zero attached hydrogens (tertiary/aromatic N) is 1. The summed E-state index contributed by atoms with van der Waals surface area (Å²) in [6, 6.07) is -0.168. The fraction of sp³-hybridized carbons (Fsp3) is 0.429. The number of aromatic nitrogens is 2. The Bertz CT molecular complexity index is 441. The molecule has 0 aliphatic carbocycles. The lowest BCUT2D eigenvalue weighted by atomic mass is 10.2. The third-order valence-corrected chi connectivity index (χ3v) is 3.18. The summed E-state index contributed by atoms with van der Waals surface area (Å²) in [6.45, 7) is -0.428. The van der Waals surface area contributed by atoms with Gasteiger partial charge in [-0.3, -0.25) is 9.89 Å². The van der Waals surface area contributed by atoms with Gasteiger partial charge in [-0.2, -0.15) is 9.82 Å². The monoisotopic (exact) mass is 249 g/mol. The molecule has 1 atom stereocenters. The minimum absolute atomic E-state index is 0.206. The number of carboxylic acids is 1. The van der Waals surface area contributed by atoms with Crippen LogP contribution in [0.1, 0.15) is 6.42 Å². The average Bonchev–Trinajstić information content (AvgIpc) is 2.69. The van der Waals surface area contributed by atoms with Gasteiger partial charge in [0.05, 0.1) is 6.20 Å². The van der Waals surface area contributed by atoms with Gasteiger partial charge in [0, 0.05) is 6.61 Å². The van der Waals surface area contributed by atoms with E-state index in [-0.39, 0.29) is 11.4 Å². The largest absolute Gasteiger partial charge is 0.480 e. The maximum atomic E-state index is 11.6. The molecular formula is C7H11N3O5S. The highest BCUT2D eigenvalue weighted by atomic mass is 32.2. The van der Waals surface area contributed by atoms with E-state index in [9.17, 15) is 13.2 Å². The Labute approximate surface area is 91.3 Å². The molecule has 0 aliphatic heterocycles. The molecule has 0 amide bonds. The van der Waals surface area contributed by atoms with Crippen molar-refractivity contribution in [3.63, 3.8) is 0 Å². The predicted molar refractivity (Wildman–Crippen MR) is 52.0 cm³/mol. The number of H-pyrrole nitrogens is 1. The van der Waals surface area contributed by atoms with Crippen molar-refractivity contribution in [3.05, 3.63) is 12.3 Å². The van der Waals surface area contributed by atoms with Crippen LogP contribution < -0.4 is 4.72 Å². The molecule has 4 N–H and O–H groups in total. The van der Waals surface area contributed by atoms with E-state index in [1.807, 2.05) is 4.72 Å². The topological polar surface area (TPSA) is 132 Å². The average molecular weight is 249 g/mol. The quantitative estimate of drug-likeness (QED) is 0.486. The standard InChI is InChI=1S/C7H11N3O5S/c11-4-2-5(7(12)13)10-16(14,15)6-1-3-8-9-6/h1,3,5,10-11H,2,4H2,(H,8,9)(H,12,13)/t5-/m0/s1. The Kier molecular flexibility index (Phi) is 3.99. The third kappa shape index (κ3) is 3.02. The number of sulfonamides is 1. The molecule has 0 radical (unpaired) electrons. The lowest BCUT2D eigenvalue weighted by molar-refractivity contribution is -0.139. The van der Waals surface area contributed by atoms with Crippen LogP contribution >= 0.6 is 0 Å². The van der Waals surface area contributed by atoms with Gasteiger partial charge in [0.2, 0.25) is 0 Å². The third-order valence-electron chi connectivity index (χ3n) is 1.78. The molecule has 0 fully saturated rings. The van der Waals surface area contributed by atoms with Crippen LogP contribution in [0.15, 0.2) is 17.3 Å². The Morgan fingerprint density at radius 2 is 2.31 bits per heavy atom. The molecule has 9 heteroatoms. The number of aliphatic carboxylic acids is 1. The van der Waals surface area contributed by atoms with Gasteiger partial charge in [0.15, 0.2) is 5.03 Å². The van der Waals surface area contributed by atoms with Gasteiger partial charge < -0.3 is 10.2 Å². The number of carbonyl (C=O) groups is 1. The highest BCUT2D eigenvalue weighted by Gasteiger charge is 2.25. The van der Waals surface area contributed by atoms with Crippen molar-refractivity contribution >= 4 is 16.0 Å². The van der Waals surface area contributed by atoms with Crippen LogP contribution in [0.4, 0.5) is 0 Å². The van der Waals surface area contributed by atoms with E-state index in [1.54, 1.807) is 0 Å². The van der Waals surface area contributed by atoms with Crippen molar-refractivity contribution < 1.29 is 23.4 Å². The first kappa shape index (κ1) is 12.6. The molecule has 1 aromatic heterocycles. The van der Waals surface area contributed by atoms with Crippen LogP contribution in [-0.4, -0.2) is 47.4 Å². The maximum Gasteiger partial charge on any atom is 0.321 e. The number of aromatic amines is 1. The summed E-state index contributed by atoms with van der Waals surface area (Å²) in [7, 11) is -3.94. The van der Waals surface area contributed by atoms with E-state index < -0.39 is 28.6 Å². The van der Waals surface area contributed by atoms with E-state index in [1.165, 1.54) is 12.3 Å². The van der Waals surface area contributed by atoms with Crippen LogP contribution in [0, 0.1) is 0 Å². The van der Waals surface area contributed by atoms with Crippen LogP contribution in [-0.2, 0) is 14.8 Å². The van der Waals surface area contributed by atoms with E-state index in [4.69, 9.17) is 10.2 Å². The van der Waals surface area contributed by atoms with Gasteiger partial charge in [0.25, 0.3) is 10.0 Å². The lowest BCUT2D eigenvalue weighted by Gasteiger charge is -2.12. The predicted octanol–water partition coefficient (Wildman–Crippen LogP) is -1.48. The Hall–Kier alpha value is -1.45.